The van der Waals surface area contributed by atoms with Gasteiger partial charge in [-0.15, -0.1) is 0 Å². The number of benzene rings is 3. The van der Waals surface area contributed by atoms with Gasteiger partial charge in [-0.25, -0.2) is 8.42 Å². The third kappa shape index (κ3) is 9.43. The molecule has 3 rings (SSSR count). The molecule has 0 aromatic heterocycles. The van der Waals surface area contributed by atoms with Crippen molar-refractivity contribution in [1.29, 1.82) is 0 Å². The van der Waals surface area contributed by atoms with Crippen LogP contribution >= 0.6 is 15.9 Å². The van der Waals surface area contributed by atoms with Crippen LogP contribution in [0.15, 0.2) is 83.3 Å². The molecule has 0 spiro atoms. The molecule has 7 nitrogen and oxygen atoms in total. The average molecular weight is 643 g/mol. The second-order valence-electron chi connectivity index (χ2n) is 10.7. The molecule has 2 atom stereocenters. The minimum absolute atomic E-state index is 0.0857. The first-order valence-electron chi connectivity index (χ1n) is 13.8. The highest BCUT2D eigenvalue weighted by atomic mass is 79.9. The highest BCUT2D eigenvalue weighted by Crippen LogP contribution is 2.24. The fraction of sp³-hybridized carbons (Fsp3) is 0.375. The number of amides is 2. The lowest BCUT2D eigenvalue weighted by atomic mass is 10.0. The molecular weight excluding hydrogens is 602 g/mol. The van der Waals surface area contributed by atoms with Gasteiger partial charge in [-0.3, -0.25) is 13.9 Å². The Morgan fingerprint density at radius 2 is 1.49 bits per heavy atom. The second-order valence-corrected chi connectivity index (χ2v) is 13.5. The van der Waals surface area contributed by atoms with Crippen molar-refractivity contribution in [2.24, 2.45) is 0 Å². The average Bonchev–Trinajstić information content (AvgIpc) is 2.94. The van der Waals surface area contributed by atoms with Gasteiger partial charge in [-0.2, -0.15) is 0 Å². The number of halogens is 1. The molecule has 3 aromatic rings. The first-order valence-corrected chi connectivity index (χ1v) is 16.5. The predicted molar refractivity (Wildman–Crippen MR) is 169 cm³/mol. The van der Waals surface area contributed by atoms with Crippen LogP contribution in [-0.4, -0.2) is 50.0 Å². The van der Waals surface area contributed by atoms with Gasteiger partial charge in [-0.05, 0) is 60.2 Å². The fourth-order valence-electron chi connectivity index (χ4n) is 4.42. The van der Waals surface area contributed by atoms with E-state index < -0.39 is 28.5 Å². The number of nitrogens with one attached hydrogen (secondary N) is 1. The Balaban J connectivity index is 2.04. The maximum Gasteiger partial charge on any atom is 0.244 e. The standard InChI is InChI=1S/C32H40BrN3O4S/c1-6-24(4)34-32(38)30(20-25-10-8-7-9-11-25)35(21-26-12-16-28(33)17-13-26)31(37)22-36(41(5,39)40)29-18-14-27(15-19-29)23(2)3/h7-19,23-24,30H,6,20-22H2,1-5H3,(H,34,38). The summed E-state index contributed by atoms with van der Waals surface area (Å²) in [5, 5.41) is 3.04. The summed E-state index contributed by atoms with van der Waals surface area (Å²) in [5.74, 6) is -0.464. The van der Waals surface area contributed by atoms with Crippen molar-refractivity contribution in [3.8, 4) is 0 Å². The van der Waals surface area contributed by atoms with Crippen LogP contribution in [0.4, 0.5) is 5.69 Å². The Labute approximate surface area is 253 Å². The fourth-order valence-corrected chi connectivity index (χ4v) is 5.53. The highest BCUT2D eigenvalue weighted by molar-refractivity contribution is 9.10. The molecule has 0 radical (unpaired) electrons. The summed E-state index contributed by atoms with van der Waals surface area (Å²) in [6.07, 6.45) is 2.11. The number of hydrogen-bond donors (Lipinski definition) is 1. The molecule has 0 saturated heterocycles. The minimum atomic E-state index is -3.81. The van der Waals surface area contributed by atoms with Gasteiger partial charge in [0.1, 0.15) is 12.6 Å². The van der Waals surface area contributed by atoms with Gasteiger partial charge in [0, 0.05) is 23.5 Å². The van der Waals surface area contributed by atoms with Crippen LogP contribution in [-0.2, 0) is 32.6 Å². The van der Waals surface area contributed by atoms with Crippen LogP contribution < -0.4 is 9.62 Å². The quantitative estimate of drug-likeness (QED) is 0.252. The largest absolute Gasteiger partial charge is 0.352 e. The number of carbonyl (C=O) groups is 2. The first-order chi connectivity index (χ1) is 19.4. The molecule has 1 N–H and O–H groups in total. The number of anilines is 1. The number of rotatable bonds is 13. The highest BCUT2D eigenvalue weighted by Gasteiger charge is 2.33. The van der Waals surface area contributed by atoms with E-state index in [1.807, 2.05) is 80.6 Å². The third-order valence-electron chi connectivity index (χ3n) is 7.07. The molecule has 2 unspecified atom stereocenters. The summed E-state index contributed by atoms with van der Waals surface area (Å²) in [6.45, 7) is 7.73. The van der Waals surface area contributed by atoms with Gasteiger partial charge < -0.3 is 10.2 Å². The number of hydrogen-bond acceptors (Lipinski definition) is 4. The zero-order valence-corrected chi connectivity index (χ0v) is 26.8. The van der Waals surface area contributed by atoms with E-state index in [9.17, 15) is 18.0 Å². The summed E-state index contributed by atoms with van der Waals surface area (Å²) in [4.78, 5) is 29.4. The second kappa shape index (κ2) is 14.6. The predicted octanol–water partition coefficient (Wildman–Crippen LogP) is 5.89. The molecule has 220 valence electrons. The van der Waals surface area contributed by atoms with E-state index in [0.29, 0.717) is 5.69 Å². The van der Waals surface area contributed by atoms with Crippen molar-refractivity contribution in [3.63, 3.8) is 0 Å². The molecule has 0 bridgehead atoms. The van der Waals surface area contributed by atoms with Gasteiger partial charge in [0.05, 0.1) is 11.9 Å². The lowest BCUT2D eigenvalue weighted by Gasteiger charge is -2.34. The zero-order valence-electron chi connectivity index (χ0n) is 24.4. The van der Waals surface area contributed by atoms with Crippen molar-refractivity contribution in [2.75, 3.05) is 17.1 Å². The van der Waals surface area contributed by atoms with Gasteiger partial charge >= 0.3 is 0 Å². The lowest BCUT2D eigenvalue weighted by Crippen LogP contribution is -2.54. The van der Waals surface area contributed by atoms with E-state index in [1.165, 1.54) is 4.90 Å². The van der Waals surface area contributed by atoms with E-state index in [2.05, 4.69) is 35.1 Å². The van der Waals surface area contributed by atoms with Crippen LogP contribution in [0.2, 0.25) is 0 Å². The maximum absolute atomic E-state index is 14.1. The van der Waals surface area contributed by atoms with Gasteiger partial charge in [-0.1, -0.05) is 91.3 Å². The summed E-state index contributed by atoms with van der Waals surface area (Å²) in [5.41, 5.74) is 3.19. The molecule has 41 heavy (non-hydrogen) atoms. The summed E-state index contributed by atoms with van der Waals surface area (Å²) in [6, 6.07) is 23.3. The van der Waals surface area contributed by atoms with Gasteiger partial charge in [0.25, 0.3) is 0 Å². The SMILES string of the molecule is CCC(C)NC(=O)C(Cc1ccccc1)N(Cc1ccc(Br)cc1)C(=O)CN(c1ccc(C(C)C)cc1)S(C)(=O)=O. The summed E-state index contributed by atoms with van der Waals surface area (Å²) >= 11 is 3.45. The molecule has 0 fully saturated rings. The summed E-state index contributed by atoms with van der Waals surface area (Å²) < 4.78 is 27.9. The van der Waals surface area contributed by atoms with Crippen LogP contribution in [0.1, 0.15) is 56.7 Å². The molecule has 0 aliphatic rings. The van der Waals surface area contributed by atoms with Crippen LogP contribution in [0.3, 0.4) is 0 Å². The molecule has 0 saturated carbocycles. The normalized spacial score (nSPS) is 13.0. The van der Waals surface area contributed by atoms with Crippen molar-refractivity contribution in [1.82, 2.24) is 10.2 Å². The van der Waals surface area contributed by atoms with Crippen molar-refractivity contribution >= 4 is 43.5 Å². The molecule has 3 aromatic carbocycles. The van der Waals surface area contributed by atoms with Crippen molar-refractivity contribution in [2.45, 2.75) is 65.1 Å². The maximum atomic E-state index is 14.1. The minimum Gasteiger partial charge on any atom is -0.352 e. The number of sulfonamides is 1. The summed E-state index contributed by atoms with van der Waals surface area (Å²) in [7, 11) is -3.81. The Morgan fingerprint density at radius 3 is 2.02 bits per heavy atom. The Hall–Kier alpha value is -3.17. The smallest absolute Gasteiger partial charge is 0.244 e. The topological polar surface area (TPSA) is 86.8 Å². The Morgan fingerprint density at radius 1 is 0.878 bits per heavy atom. The lowest BCUT2D eigenvalue weighted by molar-refractivity contribution is -0.140. The molecule has 9 heteroatoms. The number of carbonyl (C=O) groups excluding carboxylic acids is 2. The molecule has 0 aliphatic heterocycles. The van der Waals surface area contributed by atoms with E-state index in [1.54, 1.807) is 12.1 Å². The van der Waals surface area contributed by atoms with Crippen LogP contribution in [0.5, 0.6) is 0 Å². The Kier molecular flexibility index (Phi) is 11.5. The number of nitrogens with zero attached hydrogens (tertiary/aromatic N) is 2. The van der Waals surface area contributed by atoms with Crippen molar-refractivity contribution in [3.05, 3.63) is 100 Å². The van der Waals surface area contributed by atoms with E-state index in [0.717, 1.165) is 38.1 Å². The molecule has 2 amide bonds. The van der Waals surface area contributed by atoms with E-state index in [-0.39, 0.29) is 30.8 Å². The third-order valence-corrected chi connectivity index (χ3v) is 8.73. The zero-order chi connectivity index (χ0) is 30.2. The van der Waals surface area contributed by atoms with Crippen LogP contribution in [0.25, 0.3) is 0 Å². The van der Waals surface area contributed by atoms with E-state index >= 15 is 0 Å². The molecule has 0 heterocycles. The van der Waals surface area contributed by atoms with Gasteiger partial charge in [0.15, 0.2) is 0 Å². The van der Waals surface area contributed by atoms with Gasteiger partial charge in [0.2, 0.25) is 21.8 Å². The molecular formula is C32H40BrN3O4S. The van der Waals surface area contributed by atoms with Crippen molar-refractivity contribution < 1.29 is 18.0 Å². The molecule has 0 aliphatic carbocycles. The monoisotopic (exact) mass is 641 g/mol. The first kappa shape index (κ1) is 32.3. The Bertz CT molecular complexity index is 1400. The van der Waals surface area contributed by atoms with E-state index in [4.69, 9.17) is 0 Å². The van der Waals surface area contributed by atoms with Crippen LogP contribution in [0, 0.1) is 0 Å².